The van der Waals surface area contributed by atoms with Crippen molar-refractivity contribution in [1.82, 2.24) is 0 Å². The van der Waals surface area contributed by atoms with Crippen molar-refractivity contribution in [2.45, 2.75) is 38.5 Å². The van der Waals surface area contributed by atoms with Crippen LogP contribution in [-0.2, 0) is 25.6 Å². The molecule has 0 aromatic rings. The Morgan fingerprint density at radius 1 is 0.474 bits per heavy atom. The molecule has 0 aliphatic carbocycles. The van der Waals surface area contributed by atoms with Gasteiger partial charge in [-0.15, -0.1) is 0 Å². The molecule has 19 heavy (non-hydrogen) atoms. The molecule has 0 amide bonds. The van der Waals surface area contributed by atoms with Crippen LogP contribution in [0.5, 0.6) is 0 Å². The van der Waals surface area contributed by atoms with Crippen molar-refractivity contribution in [3.8, 4) is 0 Å². The molecule has 3 heterocycles. The SMILES string of the molecule is C1CCOC1.C1CCOC1.C1CCOC1.[Cl][Cr]([Cl])[Cl]. The summed E-state index contributed by atoms with van der Waals surface area (Å²) >= 11 is -1.62. The van der Waals surface area contributed by atoms with Gasteiger partial charge >= 0.3 is 41.5 Å². The van der Waals surface area contributed by atoms with Crippen LogP contribution in [0.25, 0.3) is 0 Å². The summed E-state index contributed by atoms with van der Waals surface area (Å²) in [5.41, 5.74) is 0. The number of rotatable bonds is 0. The molecular formula is C12H24Cl3CrO3. The van der Waals surface area contributed by atoms with Crippen LogP contribution in [0.4, 0.5) is 0 Å². The number of hydrogen-bond acceptors (Lipinski definition) is 3. The van der Waals surface area contributed by atoms with Crippen LogP contribution in [-0.4, -0.2) is 39.6 Å². The van der Waals surface area contributed by atoms with Crippen molar-refractivity contribution in [3.05, 3.63) is 0 Å². The van der Waals surface area contributed by atoms with Gasteiger partial charge in [0, 0.05) is 39.6 Å². The molecule has 3 rings (SSSR count). The quantitative estimate of drug-likeness (QED) is 0.627. The fraction of sp³-hybridized carbons (Fsp3) is 1.00. The summed E-state index contributed by atoms with van der Waals surface area (Å²) in [5.74, 6) is 0. The Morgan fingerprint density at radius 2 is 0.632 bits per heavy atom. The Morgan fingerprint density at radius 3 is 0.684 bits per heavy atom. The van der Waals surface area contributed by atoms with E-state index < -0.39 is 11.4 Å². The first kappa shape index (κ1) is 20.3. The van der Waals surface area contributed by atoms with Gasteiger partial charge in [0.1, 0.15) is 0 Å². The van der Waals surface area contributed by atoms with E-state index in [1.54, 1.807) is 0 Å². The zero-order valence-corrected chi connectivity index (χ0v) is 14.8. The zero-order valence-electron chi connectivity index (χ0n) is 11.3. The van der Waals surface area contributed by atoms with Gasteiger partial charge in [-0.05, 0) is 38.5 Å². The van der Waals surface area contributed by atoms with E-state index >= 15 is 0 Å². The molecule has 3 saturated heterocycles. The van der Waals surface area contributed by atoms with Gasteiger partial charge in [0.15, 0.2) is 0 Å². The van der Waals surface area contributed by atoms with Crippen LogP contribution in [0.2, 0.25) is 0 Å². The Balaban J connectivity index is 0.000000229. The molecule has 0 N–H and O–H groups in total. The van der Waals surface area contributed by atoms with Gasteiger partial charge in [-0.3, -0.25) is 0 Å². The molecule has 0 atom stereocenters. The summed E-state index contributed by atoms with van der Waals surface area (Å²) in [6, 6.07) is 0. The summed E-state index contributed by atoms with van der Waals surface area (Å²) < 4.78 is 14.8. The third-order valence-corrected chi connectivity index (χ3v) is 2.48. The second kappa shape index (κ2) is 17.3. The standard InChI is InChI=1S/3C4H8O.3ClH.Cr/c3*1-2-4-5-3-1;;;;/h3*1-4H2;3*1H;/q;;;;;;+3/p-3. The molecular weight excluding hydrogens is 350 g/mol. The van der Waals surface area contributed by atoms with E-state index in [-0.39, 0.29) is 0 Å². The van der Waals surface area contributed by atoms with E-state index in [1.807, 2.05) is 0 Å². The molecule has 0 spiro atoms. The first-order valence-electron chi connectivity index (χ1n) is 6.69. The Labute approximate surface area is 133 Å². The molecule has 0 unspecified atom stereocenters. The van der Waals surface area contributed by atoms with Gasteiger partial charge in [0.25, 0.3) is 0 Å². The van der Waals surface area contributed by atoms with E-state index in [9.17, 15) is 0 Å². The van der Waals surface area contributed by atoms with E-state index in [4.69, 9.17) is 44.4 Å². The van der Waals surface area contributed by atoms with Crippen LogP contribution < -0.4 is 0 Å². The normalized spacial score (nSPS) is 20.8. The fourth-order valence-corrected chi connectivity index (χ4v) is 1.53. The molecule has 0 aromatic carbocycles. The average Bonchev–Trinajstić information content (AvgIpc) is 3.18. The van der Waals surface area contributed by atoms with Crippen molar-refractivity contribution >= 4 is 30.1 Å². The molecule has 7 heteroatoms. The van der Waals surface area contributed by atoms with Crippen molar-refractivity contribution < 1.29 is 25.6 Å². The maximum atomic E-state index is 4.94. The molecule has 3 aliphatic rings. The fourth-order valence-electron chi connectivity index (χ4n) is 1.53. The summed E-state index contributed by atoms with van der Waals surface area (Å²) in [7, 11) is 14.8. The van der Waals surface area contributed by atoms with Gasteiger partial charge in [0.05, 0.1) is 0 Å². The van der Waals surface area contributed by atoms with Crippen molar-refractivity contribution in [2.24, 2.45) is 0 Å². The van der Waals surface area contributed by atoms with E-state index in [0.29, 0.717) is 0 Å². The molecule has 3 nitrogen and oxygen atoms in total. The monoisotopic (exact) mass is 373 g/mol. The van der Waals surface area contributed by atoms with Crippen LogP contribution in [0.15, 0.2) is 0 Å². The van der Waals surface area contributed by atoms with Gasteiger partial charge in [-0.2, -0.15) is 0 Å². The van der Waals surface area contributed by atoms with E-state index in [1.165, 1.54) is 38.5 Å². The predicted molar refractivity (Wildman–Crippen MR) is 77.7 cm³/mol. The van der Waals surface area contributed by atoms with E-state index in [0.717, 1.165) is 39.6 Å². The second-order valence-corrected chi connectivity index (χ2v) is 10.5. The van der Waals surface area contributed by atoms with Crippen LogP contribution >= 0.6 is 30.1 Å². The van der Waals surface area contributed by atoms with Crippen molar-refractivity contribution in [3.63, 3.8) is 0 Å². The topological polar surface area (TPSA) is 27.7 Å². The van der Waals surface area contributed by atoms with Crippen LogP contribution in [0, 0.1) is 0 Å². The predicted octanol–water partition coefficient (Wildman–Crippen LogP) is 4.46. The summed E-state index contributed by atoms with van der Waals surface area (Å²) in [5, 5.41) is 0. The second-order valence-electron chi connectivity index (χ2n) is 4.13. The van der Waals surface area contributed by atoms with Gasteiger partial charge in [-0.1, -0.05) is 0 Å². The zero-order chi connectivity index (χ0) is 14.2. The minimum absolute atomic E-state index is 1.00. The first-order chi connectivity index (χ1) is 9.23. The Kier molecular flexibility index (Phi) is 18.5. The van der Waals surface area contributed by atoms with Gasteiger partial charge in [0.2, 0.25) is 0 Å². The van der Waals surface area contributed by atoms with Gasteiger partial charge in [-0.25, -0.2) is 0 Å². The third-order valence-electron chi connectivity index (χ3n) is 2.48. The first-order valence-corrected chi connectivity index (χ1v) is 12.0. The molecule has 117 valence electrons. The Bertz CT molecular complexity index is 115. The minimum atomic E-state index is -1.62. The molecule has 0 radical (unpaired) electrons. The molecule has 0 saturated carbocycles. The molecule has 3 fully saturated rings. The van der Waals surface area contributed by atoms with Crippen LogP contribution in [0.3, 0.4) is 0 Å². The number of halogens is 3. The average molecular weight is 375 g/mol. The number of ether oxygens (including phenoxy) is 3. The molecule has 0 aromatic heterocycles. The van der Waals surface area contributed by atoms with E-state index in [2.05, 4.69) is 0 Å². The van der Waals surface area contributed by atoms with Crippen molar-refractivity contribution in [2.75, 3.05) is 39.6 Å². The molecule has 3 aliphatic heterocycles. The summed E-state index contributed by atoms with van der Waals surface area (Å²) in [6.45, 7) is 6.00. The van der Waals surface area contributed by atoms with Crippen molar-refractivity contribution in [1.29, 1.82) is 0 Å². The molecule has 0 bridgehead atoms. The van der Waals surface area contributed by atoms with Gasteiger partial charge < -0.3 is 14.2 Å². The maximum absolute atomic E-state index is 4.94. The van der Waals surface area contributed by atoms with Crippen LogP contribution in [0.1, 0.15) is 38.5 Å². The third kappa shape index (κ3) is 21.7. The Hall–Kier alpha value is 1.28. The summed E-state index contributed by atoms with van der Waals surface area (Å²) in [4.78, 5) is 0. The number of hydrogen-bond donors (Lipinski definition) is 0. The summed E-state index contributed by atoms with van der Waals surface area (Å²) in [6.07, 6.45) is 7.67.